The van der Waals surface area contributed by atoms with Gasteiger partial charge in [-0.25, -0.2) is 4.98 Å². The van der Waals surface area contributed by atoms with Crippen molar-refractivity contribution >= 4 is 52.7 Å². The lowest BCUT2D eigenvalue weighted by molar-refractivity contribution is 0.475. The predicted octanol–water partition coefficient (Wildman–Crippen LogP) is 4.65. The molecule has 18 heavy (non-hydrogen) atoms. The minimum absolute atomic E-state index is 0.137. The third kappa shape index (κ3) is 6.60. The molecular formula is C10H14Cl2N2OPS2+. The summed E-state index contributed by atoms with van der Waals surface area (Å²) >= 11 is 11.3. The first-order valence-electron chi connectivity index (χ1n) is 5.30. The van der Waals surface area contributed by atoms with Crippen LogP contribution in [0.1, 0.15) is 6.42 Å². The Morgan fingerprint density at radius 2 is 2.22 bits per heavy atom. The Hall–Kier alpha value is 0.490. The third-order valence-electron chi connectivity index (χ3n) is 1.98. The fraction of sp³-hybridized carbons (Fsp3) is 0.500. The van der Waals surface area contributed by atoms with E-state index in [2.05, 4.69) is 4.98 Å². The number of aromatic nitrogens is 1. The van der Waals surface area contributed by atoms with E-state index in [4.69, 9.17) is 23.2 Å². The molecule has 100 valence electrons. The fourth-order valence-electron chi connectivity index (χ4n) is 1.11. The topological polar surface area (TPSA) is 33.2 Å². The van der Waals surface area contributed by atoms with Gasteiger partial charge in [0.05, 0.1) is 0 Å². The van der Waals surface area contributed by atoms with Crippen LogP contribution >= 0.6 is 52.7 Å². The molecule has 0 fully saturated rings. The van der Waals surface area contributed by atoms with Crippen LogP contribution in [-0.2, 0) is 4.57 Å². The summed E-state index contributed by atoms with van der Waals surface area (Å²) in [4.78, 5) is 4.22. The minimum atomic E-state index is -1.52. The zero-order valence-corrected chi connectivity index (χ0v) is 13.7. The molecule has 3 nitrogen and oxygen atoms in total. The zero-order chi connectivity index (χ0) is 13.2. The lowest BCUT2D eigenvalue weighted by atomic mass is 10.5. The van der Waals surface area contributed by atoms with Gasteiger partial charge in [0.2, 0.25) is 5.62 Å². The second kappa shape index (κ2) is 10.3. The highest BCUT2D eigenvalue weighted by Gasteiger charge is 2.24. The lowest BCUT2D eigenvalue weighted by Gasteiger charge is -2.06. The lowest BCUT2D eigenvalue weighted by Crippen LogP contribution is -2.15. The Labute approximate surface area is 126 Å². The van der Waals surface area contributed by atoms with Gasteiger partial charge in [0.15, 0.2) is 0 Å². The highest BCUT2D eigenvalue weighted by Crippen LogP contribution is 2.31. The molecule has 1 unspecified atom stereocenters. The molecule has 0 aliphatic carbocycles. The van der Waals surface area contributed by atoms with E-state index in [1.807, 2.05) is 18.2 Å². The normalized spacial score (nSPS) is 11.8. The number of rotatable bonds is 9. The summed E-state index contributed by atoms with van der Waals surface area (Å²) in [5.74, 6) is 0.958. The van der Waals surface area contributed by atoms with Gasteiger partial charge in [-0.05, 0) is 33.9 Å². The van der Waals surface area contributed by atoms with Gasteiger partial charge >= 0.3 is 7.95 Å². The molecule has 1 aromatic rings. The Morgan fingerprint density at radius 3 is 2.83 bits per heavy atom. The zero-order valence-electron chi connectivity index (χ0n) is 9.67. The number of pyridine rings is 1. The number of nitrogens with zero attached hydrogens (tertiary/aromatic N) is 2. The van der Waals surface area contributed by atoms with E-state index < -0.39 is 7.95 Å². The van der Waals surface area contributed by atoms with Crippen molar-refractivity contribution in [3.63, 3.8) is 0 Å². The highest BCUT2D eigenvalue weighted by molar-refractivity contribution is 8.76. The van der Waals surface area contributed by atoms with Crippen molar-refractivity contribution in [2.45, 2.75) is 11.4 Å². The number of halogens is 2. The number of hydrogen-bond acceptors (Lipinski definition) is 4. The van der Waals surface area contributed by atoms with E-state index in [0.29, 0.717) is 6.54 Å². The van der Waals surface area contributed by atoms with Crippen LogP contribution in [0.3, 0.4) is 0 Å². The maximum absolute atomic E-state index is 11.5. The van der Waals surface area contributed by atoms with Crippen LogP contribution in [0.5, 0.6) is 0 Å². The van der Waals surface area contributed by atoms with Gasteiger partial charge in [-0.1, -0.05) is 33.1 Å². The van der Waals surface area contributed by atoms with Gasteiger partial charge in [-0.2, -0.15) is 0 Å². The van der Waals surface area contributed by atoms with Crippen molar-refractivity contribution in [3.8, 4) is 0 Å². The Bertz CT molecular complexity index is 359. The van der Waals surface area contributed by atoms with Crippen molar-refractivity contribution in [1.29, 1.82) is 0 Å². The summed E-state index contributed by atoms with van der Waals surface area (Å²) in [6.07, 6.45) is 2.71. The molecule has 0 aromatic carbocycles. The van der Waals surface area contributed by atoms with Crippen molar-refractivity contribution < 1.29 is 4.57 Å². The van der Waals surface area contributed by atoms with Crippen LogP contribution in [-0.4, -0.2) is 33.6 Å². The number of alkyl halides is 2. The summed E-state index contributed by atoms with van der Waals surface area (Å²) in [6.45, 7) is 0.710. The molecule has 0 N–H and O–H groups in total. The van der Waals surface area contributed by atoms with E-state index in [9.17, 15) is 4.57 Å². The summed E-state index contributed by atoms with van der Waals surface area (Å²) in [7, 11) is 1.87. The smallest absolute Gasteiger partial charge is 0.249 e. The molecule has 1 rings (SSSR count). The van der Waals surface area contributed by atoms with Crippen molar-refractivity contribution in [3.05, 3.63) is 24.4 Å². The summed E-state index contributed by atoms with van der Waals surface area (Å²) in [5.41, 5.74) is 0.137. The fourth-order valence-corrected chi connectivity index (χ4v) is 4.63. The number of hydrogen-bond donors (Lipinski definition) is 0. The first-order valence-corrected chi connectivity index (χ1v) is 10.1. The van der Waals surface area contributed by atoms with Crippen LogP contribution in [0.4, 0.5) is 0 Å². The average molecular weight is 344 g/mol. The maximum Gasteiger partial charge on any atom is 0.452 e. The largest absolute Gasteiger partial charge is 0.452 e. The van der Waals surface area contributed by atoms with E-state index in [-0.39, 0.29) is 11.6 Å². The molecule has 0 aliphatic rings. The molecular weight excluding hydrogens is 330 g/mol. The second-order valence-electron chi connectivity index (χ2n) is 3.25. The van der Waals surface area contributed by atoms with Gasteiger partial charge in [0.25, 0.3) is 0 Å². The van der Waals surface area contributed by atoms with Gasteiger partial charge in [0.1, 0.15) is 11.0 Å². The predicted molar refractivity (Wildman–Crippen MR) is 82.9 cm³/mol. The summed E-state index contributed by atoms with van der Waals surface area (Å²) < 4.78 is 13.2. The molecule has 0 saturated heterocycles. The van der Waals surface area contributed by atoms with Crippen molar-refractivity contribution in [2.75, 3.05) is 23.9 Å². The summed E-state index contributed by atoms with van der Waals surface area (Å²) in [5, 5.41) is 1.00. The monoisotopic (exact) mass is 343 g/mol. The van der Waals surface area contributed by atoms with E-state index in [1.54, 1.807) is 32.5 Å². The summed E-state index contributed by atoms with van der Waals surface area (Å²) in [6, 6.07) is 6.11. The van der Waals surface area contributed by atoms with Crippen LogP contribution in [0, 0.1) is 0 Å². The van der Waals surface area contributed by atoms with Crippen LogP contribution < -0.4 is 0 Å². The van der Waals surface area contributed by atoms with Crippen LogP contribution in [0.25, 0.3) is 0 Å². The standard InChI is InChI=1S/C10H14Cl2N2OPS2/c11-8-14(16(15)9-12)6-3-7-17-18-10-4-1-2-5-13-10/h1-2,4-5H,3,6-9H2/q+1. The maximum atomic E-state index is 11.5. The van der Waals surface area contributed by atoms with E-state index >= 15 is 0 Å². The van der Waals surface area contributed by atoms with E-state index in [0.717, 1.165) is 17.2 Å². The second-order valence-corrected chi connectivity index (χ2v) is 8.15. The van der Waals surface area contributed by atoms with Crippen LogP contribution in [0.15, 0.2) is 29.4 Å². The molecule has 1 atom stereocenters. The van der Waals surface area contributed by atoms with Crippen LogP contribution in [0.2, 0.25) is 0 Å². The molecule has 0 radical (unpaired) electrons. The quantitative estimate of drug-likeness (QED) is 0.214. The molecule has 0 bridgehead atoms. The van der Waals surface area contributed by atoms with Gasteiger partial charge in [0, 0.05) is 18.5 Å². The molecule has 1 heterocycles. The Kier molecular flexibility index (Phi) is 9.47. The van der Waals surface area contributed by atoms with Gasteiger partial charge in [-0.15, -0.1) is 11.6 Å². The molecule has 0 aliphatic heterocycles. The molecule has 0 amide bonds. The van der Waals surface area contributed by atoms with Gasteiger partial charge in [-0.3, -0.25) is 0 Å². The Morgan fingerprint density at radius 1 is 1.39 bits per heavy atom. The van der Waals surface area contributed by atoms with E-state index in [1.165, 1.54) is 0 Å². The molecule has 0 saturated carbocycles. The molecule has 1 aromatic heterocycles. The van der Waals surface area contributed by atoms with Crippen molar-refractivity contribution in [2.24, 2.45) is 0 Å². The van der Waals surface area contributed by atoms with Crippen molar-refractivity contribution in [1.82, 2.24) is 9.65 Å². The third-order valence-corrected chi connectivity index (χ3v) is 6.58. The first kappa shape index (κ1) is 16.5. The average Bonchev–Trinajstić information content (AvgIpc) is 2.43. The minimum Gasteiger partial charge on any atom is -0.249 e. The SMILES string of the molecule is O=[P+](CCl)N(CCl)CCCSSc1ccccn1. The Balaban J connectivity index is 2.13. The molecule has 0 spiro atoms. The first-order chi connectivity index (χ1) is 8.77. The van der Waals surface area contributed by atoms with Gasteiger partial charge < -0.3 is 0 Å². The highest BCUT2D eigenvalue weighted by atomic mass is 35.5. The molecule has 8 heteroatoms.